The van der Waals surface area contributed by atoms with Crippen molar-refractivity contribution in [3.05, 3.63) is 6.92 Å². The Labute approximate surface area is 69.2 Å². The van der Waals surface area contributed by atoms with Crippen molar-refractivity contribution in [3.8, 4) is 0 Å². The Balaban J connectivity index is 2.33. The predicted octanol–water partition coefficient (Wildman–Crippen LogP) is 2.61. The standard InChI is InChI=1S/C10H17O/c1-3-10(11)9-6-4-8(2)5-7-9/h8-9H,1,3-7H2,2H3. The molecule has 0 bridgehead atoms. The van der Waals surface area contributed by atoms with Crippen molar-refractivity contribution < 1.29 is 4.79 Å². The highest BCUT2D eigenvalue weighted by atomic mass is 16.1. The van der Waals surface area contributed by atoms with Gasteiger partial charge in [-0.1, -0.05) is 19.8 Å². The topological polar surface area (TPSA) is 17.1 Å². The Kier molecular flexibility index (Phi) is 3.10. The third-order valence-corrected chi connectivity index (χ3v) is 2.72. The molecule has 1 rings (SSSR count). The van der Waals surface area contributed by atoms with Gasteiger partial charge in [0.05, 0.1) is 0 Å². The van der Waals surface area contributed by atoms with Gasteiger partial charge in [-0.05, 0) is 25.7 Å². The van der Waals surface area contributed by atoms with Crippen LogP contribution in [0.25, 0.3) is 0 Å². The molecule has 1 aliphatic rings. The average molecular weight is 153 g/mol. The molecule has 1 heteroatoms. The van der Waals surface area contributed by atoms with Crippen LogP contribution in [0.2, 0.25) is 0 Å². The Morgan fingerprint density at radius 2 is 1.91 bits per heavy atom. The summed E-state index contributed by atoms with van der Waals surface area (Å²) < 4.78 is 0. The molecule has 0 amide bonds. The molecule has 0 heterocycles. The van der Waals surface area contributed by atoms with Crippen LogP contribution in [-0.4, -0.2) is 5.78 Å². The normalized spacial score (nSPS) is 31.8. The molecule has 1 saturated carbocycles. The molecular formula is C10H17O. The van der Waals surface area contributed by atoms with Gasteiger partial charge in [0.25, 0.3) is 0 Å². The van der Waals surface area contributed by atoms with E-state index in [0.29, 0.717) is 18.1 Å². The van der Waals surface area contributed by atoms with Gasteiger partial charge in [0.2, 0.25) is 0 Å². The van der Waals surface area contributed by atoms with Crippen molar-refractivity contribution in [2.75, 3.05) is 0 Å². The van der Waals surface area contributed by atoms with Crippen LogP contribution in [-0.2, 0) is 4.79 Å². The molecule has 0 aliphatic heterocycles. The molecule has 11 heavy (non-hydrogen) atoms. The fourth-order valence-corrected chi connectivity index (χ4v) is 1.79. The maximum absolute atomic E-state index is 11.2. The molecule has 0 N–H and O–H groups in total. The summed E-state index contributed by atoms with van der Waals surface area (Å²) in [7, 11) is 0. The second-order valence-electron chi connectivity index (χ2n) is 3.67. The van der Waals surface area contributed by atoms with E-state index in [9.17, 15) is 4.79 Å². The molecule has 1 fully saturated rings. The van der Waals surface area contributed by atoms with Crippen LogP contribution in [0.3, 0.4) is 0 Å². The summed E-state index contributed by atoms with van der Waals surface area (Å²) in [6, 6.07) is 0. The molecule has 0 aromatic rings. The molecule has 0 atom stereocenters. The van der Waals surface area contributed by atoms with Gasteiger partial charge in [-0.15, -0.1) is 0 Å². The zero-order valence-electron chi connectivity index (χ0n) is 7.31. The van der Waals surface area contributed by atoms with Crippen molar-refractivity contribution in [1.82, 2.24) is 0 Å². The Morgan fingerprint density at radius 3 is 2.36 bits per heavy atom. The van der Waals surface area contributed by atoms with Gasteiger partial charge in [-0.3, -0.25) is 4.79 Å². The second kappa shape index (κ2) is 3.89. The van der Waals surface area contributed by atoms with Crippen molar-refractivity contribution in [2.24, 2.45) is 11.8 Å². The van der Waals surface area contributed by atoms with Gasteiger partial charge in [-0.25, -0.2) is 0 Å². The molecule has 0 aromatic carbocycles. The lowest BCUT2D eigenvalue weighted by Crippen LogP contribution is -2.19. The van der Waals surface area contributed by atoms with Crippen LogP contribution in [0.1, 0.15) is 39.0 Å². The molecule has 0 aromatic heterocycles. The highest BCUT2D eigenvalue weighted by Crippen LogP contribution is 2.29. The van der Waals surface area contributed by atoms with Crippen molar-refractivity contribution in [1.29, 1.82) is 0 Å². The van der Waals surface area contributed by atoms with Crippen LogP contribution < -0.4 is 0 Å². The van der Waals surface area contributed by atoms with Gasteiger partial charge in [-0.2, -0.15) is 0 Å². The molecule has 0 spiro atoms. The predicted molar refractivity (Wildman–Crippen MR) is 46.1 cm³/mol. The first-order valence-corrected chi connectivity index (χ1v) is 4.56. The van der Waals surface area contributed by atoms with Crippen molar-refractivity contribution in [2.45, 2.75) is 39.0 Å². The van der Waals surface area contributed by atoms with Gasteiger partial charge in [0.15, 0.2) is 0 Å². The number of hydrogen-bond donors (Lipinski definition) is 0. The maximum atomic E-state index is 11.2. The molecular weight excluding hydrogens is 136 g/mol. The number of carbonyl (C=O) groups excluding carboxylic acids is 1. The lowest BCUT2D eigenvalue weighted by atomic mass is 9.80. The first-order valence-electron chi connectivity index (χ1n) is 4.56. The zero-order chi connectivity index (χ0) is 8.27. The lowest BCUT2D eigenvalue weighted by Gasteiger charge is -2.24. The monoisotopic (exact) mass is 153 g/mol. The summed E-state index contributed by atoms with van der Waals surface area (Å²) in [6.45, 7) is 5.90. The zero-order valence-corrected chi connectivity index (χ0v) is 7.31. The summed E-state index contributed by atoms with van der Waals surface area (Å²) in [5, 5.41) is 0. The van der Waals surface area contributed by atoms with Crippen LogP contribution in [0.15, 0.2) is 0 Å². The first kappa shape index (κ1) is 8.76. The molecule has 63 valence electrons. The fraction of sp³-hybridized carbons (Fsp3) is 0.800. The molecule has 0 saturated heterocycles. The van der Waals surface area contributed by atoms with Crippen LogP contribution in [0, 0.1) is 18.8 Å². The third kappa shape index (κ3) is 2.32. The summed E-state index contributed by atoms with van der Waals surface area (Å²) in [4.78, 5) is 11.2. The molecule has 1 aliphatic carbocycles. The Hall–Kier alpha value is -0.330. The van der Waals surface area contributed by atoms with E-state index in [2.05, 4.69) is 13.8 Å². The van der Waals surface area contributed by atoms with E-state index in [0.717, 1.165) is 18.8 Å². The van der Waals surface area contributed by atoms with E-state index in [4.69, 9.17) is 0 Å². The second-order valence-corrected chi connectivity index (χ2v) is 3.67. The highest BCUT2D eigenvalue weighted by molar-refractivity contribution is 5.81. The number of carbonyl (C=O) groups is 1. The fourth-order valence-electron chi connectivity index (χ4n) is 1.79. The first-order chi connectivity index (χ1) is 5.24. The van der Waals surface area contributed by atoms with Gasteiger partial charge in [0, 0.05) is 12.3 Å². The van der Waals surface area contributed by atoms with Crippen molar-refractivity contribution >= 4 is 5.78 Å². The van der Waals surface area contributed by atoms with Crippen LogP contribution >= 0.6 is 0 Å². The minimum absolute atomic E-state index is 0.351. The van der Waals surface area contributed by atoms with E-state index in [1.807, 2.05) is 0 Å². The Morgan fingerprint density at radius 1 is 1.36 bits per heavy atom. The van der Waals surface area contributed by atoms with E-state index in [1.54, 1.807) is 0 Å². The molecule has 1 nitrogen and oxygen atoms in total. The quantitative estimate of drug-likeness (QED) is 0.596. The highest BCUT2D eigenvalue weighted by Gasteiger charge is 2.22. The number of hydrogen-bond acceptors (Lipinski definition) is 1. The Bertz CT molecular complexity index is 132. The minimum Gasteiger partial charge on any atom is -0.299 e. The van der Waals surface area contributed by atoms with Gasteiger partial charge in [0.1, 0.15) is 5.78 Å². The summed E-state index contributed by atoms with van der Waals surface area (Å²) in [5.41, 5.74) is 0. The summed E-state index contributed by atoms with van der Waals surface area (Å²) >= 11 is 0. The minimum atomic E-state index is 0.351. The SMILES string of the molecule is [CH2]CC(=O)C1CCC(C)CC1. The molecule has 1 radical (unpaired) electrons. The maximum Gasteiger partial charge on any atom is 0.135 e. The molecule has 0 unspecified atom stereocenters. The van der Waals surface area contributed by atoms with Crippen molar-refractivity contribution in [3.63, 3.8) is 0 Å². The van der Waals surface area contributed by atoms with E-state index in [1.165, 1.54) is 12.8 Å². The van der Waals surface area contributed by atoms with Crippen LogP contribution in [0.5, 0.6) is 0 Å². The average Bonchev–Trinajstić information content (AvgIpc) is 2.05. The largest absolute Gasteiger partial charge is 0.299 e. The number of ketones is 1. The van der Waals surface area contributed by atoms with Gasteiger partial charge >= 0.3 is 0 Å². The third-order valence-electron chi connectivity index (χ3n) is 2.72. The van der Waals surface area contributed by atoms with Gasteiger partial charge < -0.3 is 0 Å². The smallest absolute Gasteiger partial charge is 0.135 e. The van der Waals surface area contributed by atoms with Crippen LogP contribution in [0.4, 0.5) is 0 Å². The summed E-state index contributed by atoms with van der Waals surface area (Å²) in [6.07, 6.45) is 5.16. The van der Waals surface area contributed by atoms with E-state index < -0.39 is 0 Å². The summed E-state index contributed by atoms with van der Waals surface area (Å²) in [5.74, 6) is 1.56. The number of rotatable bonds is 2. The number of Topliss-reactive ketones (excluding diaryl/α,β-unsaturated/α-hetero) is 1. The lowest BCUT2D eigenvalue weighted by molar-refractivity contribution is -0.123. The van der Waals surface area contributed by atoms with E-state index >= 15 is 0 Å². The van der Waals surface area contributed by atoms with E-state index in [-0.39, 0.29) is 0 Å².